The van der Waals surface area contributed by atoms with E-state index in [1.54, 1.807) is 22.8 Å². The van der Waals surface area contributed by atoms with Gasteiger partial charge in [-0.05, 0) is 50.6 Å². The van der Waals surface area contributed by atoms with Crippen LogP contribution in [0.3, 0.4) is 0 Å². The quantitative estimate of drug-likeness (QED) is 0.538. The maximum atomic E-state index is 12.3. The zero-order valence-electron chi connectivity index (χ0n) is 15.8. The van der Waals surface area contributed by atoms with Crippen molar-refractivity contribution in [3.63, 3.8) is 0 Å². The van der Waals surface area contributed by atoms with Gasteiger partial charge < -0.3 is 14.8 Å². The van der Waals surface area contributed by atoms with Crippen LogP contribution in [0.5, 0.6) is 0 Å². The topological polar surface area (TPSA) is 101 Å². The summed E-state index contributed by atoms with van der Waals surface area (Å²) in [4.78, 5) is 19.7. The summed E-state index contributed by atoms with van der Waals surface area (Å²) < 4.78 is 7.26. The molecule has 0 spiro atoms. The standard InChI is InChI=1S/C20H19ClN6O2/c1-11-2-3-13(21)8-14(11)20-25-18(26-29-20)15-10-23-27-16(9-17(28)24-19(15)27)12-4-6-22-7-5-12/h2-3,8-10,12,22H,4-7H2,1H3,(H,24,28). The van der Waals surface area contributed by atoms with Gasteiger partial charge >= 0.3 is 0 Å². The number of hydrogen-bond donors (Lipinski definition) is 2. The summed E-state index contributed by atoms with van der Waals surface area (Å²) in [7, 11) is 0. The molecule has 148 valence electrons. The van der Waals surface area contributed by atoms with Crippen LogP contribution < -0.4 is 10.9 Å². The average molecular weight is 411 g/mol. The number of rotatable bonds is 3. The molecule has 2 N–H and O–H groups in total. The molecular weight excluding hydrogens is 392 g/mol. The van der Waals surface area contributed by atoms with Gasteiger partial charge in [-0.1, -0.05) is 22.8 Å². The number of benzene rings is 1. The van der Waals surface area contributed by atoms with Gasteiger partial charge in [-0.2, -0.15) is 10.1 Å². The highest BCUT2D eigenvalue weighted by molar-refractivity contribution is 6.30. The third-order valence-corrected chi connectivity index (χ3v) is 5.62. The van der Waals surface area contributed by atoms with Gasteiger partial charge in [0.15, 0.2) is 0 Å². The second-order valence-electron chi connectivity index (χ2n) is 7.28. The van der Waals surface area contributed by atoms with Gasteiger partial charge in [-0.15, -0.1) is 0 Å². The van der Waals surface area contributed by atoms with Crippen molar-refractivity contribution in [1.29, 1.82) is 0 Å². The molecule has 8 nitrogen and oxygen atoms in total. The Hall–Kier alpha value is -2.97. The lowest BCUT2D eigenvalue weighted by molar-refractivity contribution is 0.432. The van der Waals surface area contributed by atoms with E-state index in [1.165, 1.54) is 0 Å². The van der Waals surface area contributed by atoms with E-state index in [0.29, 0.717) is 27.9 Å². The lowest BCUT2D eigenvalue weighted by Gasteiger charge is -2.23. The Morgan fingerprint density at radius 1 is 1.21 bits per heavy atom. The smallest absolute Gasteiger partial charge is 0.258 e. The third-order valence-electron chi connectivity index (χ3n) is 5.39. The molecule has 1 aliphatic rings. The molecule has 1 fully saturated rings. The lowest BCUT2D eigenvalue weighted by Crippen LogP contribution is -2.28. The van der Waals surface area contributed by atoms with Crippen LogP contribution in [0.25, 0.3) is 28.5 Å². The van der Waals surface area contributed by atoms with Gasteiger partial charge in [0.25, 0.3) is 11.4 Å². The highest BCUT2D eigenvalue weighted by Crippen LogP contribution is 2.30. The highest BCUT2D eigenvalue weighted by Gasteiger charge is 2.22. The minimum atomic E-state index is -0.165. The van der Waals surface area contributed by atoms with Crippen LogP contribution in [0.1, 0.15) is 30.0 Å². The maximum absolute atomic E-state index is 12.3. The molecular formula is C20H19ClN6O2. The second kappa shape index (κ2) is 7.13. The predicted octanol–water partition coefficient (Wildman–Crippen LogP) is 3.17. The van der Waals surface area contributed by atoms with Crippen molar-refractivity contribution in [1.82, 2.24) is 30.1 Å². The fraction of sp³-hybridized carbons (Fsp3) is 0.300. The third kappa shape index (κ3) is 3.24. The number of H-pyrrole nitrogens is 1. The van der Waals surface area contributed by atoms with Crippen molar-refractivity contribution in [3.8, 4) is 22.8 Å². The first-order valence-corrected chi connectivity index (χ1v) is 9.90. The Morgan fingerprint density at radius 3 is 2.86 bits per heavy atom. The number of piperidine rings is 1. The summed E-state index contributed by atoms with van der Waals surface area (Å²) in [6, 6.07) is 7.15. The van der Waals surface area contributed by atoms with Crippen molar-refractivity contribution < 1.29 is 4.52 Å². The molecule has 4 aromatic rings. The van der Waals surface area contributed by atoms with Crippen molar-refractivity contribution in [2.24, 2.45) is 0 Å². The summed E-state index contributed by atoms with van der Waals surface area (Å²) in [5.74, 6) is 1.02. The fourth-order valence-corrected chi connectivity index (χ4v) is 4.02. The molecule has 0 saturated carbocycles. The summed E-state index contributed by atoms with van der Waals surface area (Å²) in [5, 5.41) is 12.6. The van der Waals surface area contributed by atoms with E-state index in [0.717, 1.165) is 42.8 Å². The molecule has 1 saturated heterocycles. The summed E-state index contributed by atoms with van der Waals surface area (Å²) in [6.07, 6.45) is 3.59. The van der Waals surface area contributed by atoms with Crippen LogP contribution in [-0.4, -0.2) is 37.8 Å². The SMILES string of the molecule is Cc1ccc(Cl)cc1-c1nc(-c2cnn3c(C4CCNCC4)cc(=O)[nH]c23)no1. The Labute approximate surface area is 170 Å². The van der Waals surface area contributed by atoms with Crippen LogP contribution in [0, 0.1) is 6.92 Å². The Morgan fingerprint density at radius 2 is 2.03 bits per heavy atom. The van der Waals surface area contributed by atoms with Crippen molar-refractivity contribution in [2.75, 3.05) is 13.1 Å². The fourth-order valence-electron chi connectivity index (χ4n) is 3.85. The molecule has 0 unspecified atom stereocenters. The number of nitrogens with one attached hydrogen (secondary N) is 2. The molecule has 0 radical (unpaired) electrons. The summed E-state index contributed by atoms with van der Waals surface area (Å²) in [6.45, 7) is 3.81. The van der Waals surface area contributed by atoms with Crippen LogP contribution >= 0.6 is 11.6 Å². The van der Waals surface area contributed by atoms with Crippen LogP contribution in [0.2, 0.25) is 5.02 Å². The van der Waals surface area contributed by atoms with Crippen LogP contribution in [0.15, 0.2) is 39.8 Å². The van der Waals surface area contributed by atoms with Gasteiger partial charge in [0, 0.05) is 22.6 Å². The van der Waals surface area contributed by atoms with Gasteiger partial charge in [0.1, 0.15) is 5.65 Å². The number of fused-ring (bicyclic) bond motifs is 1. The zero-order chi connectivity index (χ0) is 20.0. The number of nitrogens with zero attached hydrogens (tertiary/aromatic N) is 4. The maximum Gasteiger partial charge on any atom is 0.258 e. The molecule has 29 heavy (non-hydrogen) atoms. The number of aromatic nitrogens is 5. The van der Waals surface area contributed by atoms with E-state index in [1.807, 2.05) is 19.1 Å². The Bertz CT molecular complexity index is 1250. The molecule has 0 aliphatic carbocycles. The molecule has 4 heterocycles. The van der Waals surface area contributed by atoms with E-state index in [2.05, 4.69) is 25.5 Å². The molecule has 0 atom stereocenters. The van der Waals surface area contributed by atoms with E-state index < -0.39 is 0 Å². The van der Waals surface area contributed by atoms with E-state index >= 15 is 0 Å². The van der Waals surface area contributed by atoms with Crippen LogP contribution in [-0.2, 0) is 0 Å². The number of hydrogen-bond acceptors (Lipinski definition) is 6. The molecule has 0 amide bonds. The van der Waals surface area contributed by atoms with E-state index in [4.69, 9.17) is 16.1 Å². The highest BCUT2D eigenvalue weighted by atomic mass is 35.5. The average Bonchev–Trinajstić information content (AvgIpc) is 3.37. The normalized spacial score (nSPS) is 15.2. The predicted molar refractivity (Wildman–Crippen MR) is 109 cm³/mol. The molecule has 5 rings (SSSR count). The lowest BCUT2D eigenvalue weighted by atomic mass is 9.94. The first kappa shape index (κ1) is 18.1. The minimum Gasteiger partial charge on any atom is -0.334 e. The van der Waals surface area contributed by atoms with E-state index in [-0.39, 0.29) is 11.5 Å². The first-order chi connectivity index (χ1) is 14.1. The Kier molecular flexibility index (Phi) is 4.44. The Balaban J connectivity index is 1.60. The molecule has 3 aromatic heterocycles. The number of halogens is 1. The molecule has 1 aliphatic heterocycles. The molecule has 0 bridgehead atoms. The van der Waals surface area contributed by atoms with Crippen molar-refractivity contribution in [2.45, 2.75) is 25.7 Å². The minimum absolute atomic E-state index is 0.165. The first-order valence-electron chi connectivity index (χ1n) is 9.52. The molecule has 9 heteroatoms. The molecule has 1 aromatic carbocycles. The van der Waals surface area contributed by atoms with Gasteiger partial charge in [0.2, 0.25) is 5.82 Å². The second-order valence-corrected chi connectivity index (χ2v) is 7.72. The number of aryl methyl sites for hydroxylation is 1. The van der Waals surface area contributed by atoms with Gasteiger partial charge in [0.05, 0.1) is 17.5 Å². The number of aromatic amines is 1. The van der Waals surface area contributed by atoms with E-state index in [9.17, 15) is 4.79 Å². The van der Waals surface area contributed by atoms with Crippen molar-refractivity contribution >= 4 is 17.2 Å². The van der Waals surface area contributed by atoms with Crippen LogP contribution in [0.4, 0.5) is 0 Å². The van der Waals surface area contributed by atoms with Gasteiger partial charge in [-0.3, -0.25) is 4.79 Å². The van der Waals surface area contributed by atoms with Gasteiger partial charge in [-0.25, -0.2) is 4.52 Å². The monoisotopic (exact) mass is 410 g/mol. The largest absolute Gasteiger partial charge is 0.334 e. The zero-order valence-corrected chi connectivity index (χ0v) is 16.5. The summed E-state index contributed by atoms with van der Waals surface area (Å²) >= 11 is 6.11. The van der Waals surface area contributed by atoms with Crippen molar-refractivity contribution in [3.05, 3.63) is 57.1 Å². The summed E-state index contributed by atoms with van der Waals surface area (Å²) in [5.41, 5.74) is 3.68.